The van der Waals surface area contributed by atoms with Crippen LogP contribution in [-0.2, 0) is 0 Å². The Hall–Kier alpha value is -1.55. The minimum Gasteiger partial charge on any atom is -0.356 e. The molecule has 2 atom stereocenters. The largest absolute Gasteiger partial charge is 0.356 e. The maximum Gasteiger partial charge on any atom is 0.138 e. The Morgan fingerprint density at radius 1 is 1.33 bits per heavy atom. The SMILES string of the molecule is CN(c1cccc2nccn12)C1CCCCC1N. The Morgan fingerprint density at radius 2 is 2.17 bits per heavy atom. The molecule has 2 aromatic heterocycles. The molecule has 1 saturated carbocycles. The average Bonchev–Trinajstić information content (AvgIpc) is 2.86. The second-order valence-corrected chi connectivity index (χ2v) is 5.17. The second kappa shape index (κ2) is 4.61. The summed E-state index contributed by atoms with van der Waals surface area (Å²) in [5.74, 6) is 1.17. The Kier molecular flexibility index (Phi) is 2.96. The standard InChI is InChI=1S/C14H20N4/c1-17(12-6-3-2-5-11(12)15)14-8-4-7-13-16-9-10-18(13)14/h4,7-12H,2-3,5-6,15H2,1H3. The van der Waals surface area contributed by atoms with Crippen molar-refractivity contribution < 1.29 is 0 Å². The van der Waals surface area contributed by atoms with Crippen LogP contribution in [0.25, 0.3) is 5.65 Å². The quantitative estimate of drug-likeness (QED) is 0.879. The molecule has 0 aliphatic heterocycles. The van der Waals surface area contributed by atoms with Gasteiger partial charge in [0.15, 0.2) is 0 Å². The van der Waals surface area contributed by atoms with Gasteiger partial charge in [-0.3, -0.25) is 4.40 Å². The molecule has 3 rings (SSSR count). The molecule has 96 valence electrons. The van der Waals surface area contributed by atoms with Crippen LogP contribution in [0, 0.1) is 0 Å². The summed E-state index contributed by atoms with van der Waals surface area (Å²) in [7, 11) is 2.14. The lowest BCUT2D eigenvalue weighted by molar-refractivity contribution is 0.372. The molecule has 0 aromatic carbocycles. The number of rotatable bonds is 2. The lowest BCUT2D eigenvalue weighted by Crippen LogP contribution is -2.48. The first-order valence-corrected chi connectivity index (χ1v) is 6.68. The topological polar surface area (TPSA) is 46.6 Å². The molecule has 4 nitrogen and oxygen atoms in total. The van der Waals surface area contributed by atoms with E-state index in [2.05, 4.69) is 33.5 Å². The first-order valence-electron chi connectivity index (χ1n) is 6.68. The van der Waals surface area contributed by atoms with Crippen molar-refractivity contribution in [1.29, 1.82) is 0 Å². The highest BCUT2D eigenvalue weighted by molar-refractivity contribution is 5.51. The third-order valence-corrected chi connectivity index (χ3v) is 4.05. The number of fused-ring (bicyclic) bond motifs is 1. The molecule has 2 heterocycles. The van der Waals surface area contributed by atoms with E-state index in [4.69, 9.17) is 5.73 Å². The summed E-state index contributed by atoms with van der Waals surface area (Å²) in [5, 5.41) is 0. The van der Waals surface area contributed by atoms with E-state index < -0.39 is 0 Å². The first kappa shape index (κ1) is 11.5. The van der Waals surface area contributed by atoms with Crippen LogP contribution in [0.2, 0.25) is 0 Å². The highest BCUT2D eigenvalue weighted by Gasteiger charge is 2.26. The number of nitrogens with two attached hydrogens (primary N) is 1. The molecule has 1 aliphatic carbocycles. The summed E-state index contributed by atoms with van der Waals surface area (Å²) < 4.78 is 2.13. The van der Waals surface area contributed by atoms with Crippen LogP contribution in [0.5, 0.6) is 0 Å². The van der Waals surface area contributed by atoms with Crippen LogP contribution in [0.1, 0.15) is 25.7 Å². The van der Waals surface area contributed by atoms with Gasteiger partial charge in [-0.1, -0.05) is 18.9 Å². The zero-order valence-corrected chi connectivity index (χ0v) is 10.8. The highest BCUT2D eigenvalue weighted by Crippen LogP contribution is 2.25. The van der Waals surface area contributed by atoms with Gasteiger partial charge in [0.2, 0.25) is 0 Å². The maximum absolute atomic E-state index is 6.27. The highest BCUT2D eigenvalue weighted by atomic mass is 15.2. The van der Waals surface area contributed by atoms with Gasteiger partial charge in [0.25, 0.3) is 0 Å². The predicted octanol–water partition coefficient (Wildman–Crippen LogP) is 2.04. The van der Waals surface area contributed by atoms with Crippen molar-refractivity contribution in [2.75, 3.05) is 11.9 Å². The van der Waals surface area contributed by atoms with E-state index in [9.17, 15) is 0 Å². The Morgan fingerprint density at radius 3 is 3.00 bits per heavy atom. The summed E-state index contributed by atoms with van der Waals surface area (Å²) in [5.41, 5.74) is 7.26. The minimum absolute atomic E-state index is 0.280. The monoisotopic (exact) mass is 244 g/mol. The number of aromatic nitrogens is 2. The Labute approximate surface area is 107 Å². The van der Waals surface area contributed by atoms with Crippen molar-refractivity contribution in [3.63, 3.8) is 0 Å². The number of hydrogen-bond donors (Lipinski definition) is 1. The van der Waals surface area contributed by atoms with Gasteiger partial charge in [0.1, 0.15) is 11.5 Å². The zero-order chi connectivity index (χ0) is 12.5. The van der Waals surface area contributed by atoms with Crippen LogP contribution in [0.15, 0.2) is 30.6 Å². The van der Waals surface area contributed by atoms with Crippen LogP contribution >= 0.6 is 0 Å². The molecule has 4 heteroatoms. The van der Waals surface area contributed by atoms with Gasteiger partial charge in [0, 0.05) is 31.5 Å². The smallest absolute Gasteiger partial charge is 0.138 e. The van der Waals surface area contributed by atoms with E-state index in [-0.39, 0.29) is 6.04 Å². The predicted molar refractivity (Wildman–Crippen MR) is 73.8 cm³/mol. The third kappa shape index (κ3) is 1.86. The molecule has 0 radical (unpaired) electrons. The van der Waals surface area contributed by atoms with Crippen LogP contribution in [0.3, 0.4) is 0 Å². The molecule has 2 N–H and O–H groups in total. The zero-order valence-electron chi connectivity index (χ0n) is 10.8. The molecule has 0 spiro atoms. The number of hydrogen-bond acceptors (Lipinski definition) is 3. The van der Waals surface area contributed by atoms with E-state index in [1.165, 1.54) is 25.1 Å². The molecule has 1 fully saturated rings. The van der Waals surface area contributed by atoms with E-state index in [0.717, 1.165) is 12.1 Å². The number of pyridine rings is 1. The molecule has 0 bridgehead atoms. The van der Waals surface area contributed by atoms with Crippen LogP contribution < -0.4 is 10.6 Å². The molecule has 18 heavy (non-hydrogen) atoms. The number of likely N-dealkylation sites (N-methyl/N-ethyl adjacent to an activating group) is 1. The maximum atomic E-state index is 6.27. The fourth-order valence-corrected chi connectivity index (χ4v) is 3.01. The van der Waals surface area contributed by atoms with Gasteiger partial charge < -0.3 is 10.6 Å². The normalized spacial score (nSPS) is 24.3. The van der Waals surface area contributed by atoms with Gasteiger partial charge in [0.05, 0.1) is 0 Å². The van der Waals surface area contributed by atoms with Crippen LogP contribution in [0.4, 0.5) is 5.82 Å². The number of anilines is 1. The van der Waals surface area contributed by atoms with E-state index in [1.807, 2.05) is 18.5 Å². The summed E-state index contributed by atoms with van der Waals surface area (Å²) in [6, 6.07) is 6.94. The number of imidazole rings is 1. The van der Waals surface area contributed by atoms with Gasteiger partial charge in [-0.15, -0.1) is 0 Å². The Bertz CT molecular complexity index is 533. The summed E-state index contributed by atoms with van der Waals surface area (Å²) >= 11 is 0. The van der Waals surface area contributed by atoms with Crippen LogP contribution in [-0.4, -0.2) is 28.5 Å². The third-order valence-electron chi connectivity index (χ3n) is 4.05. The summed E-state index contributed by atoms with van der Waals surface area (Å²) in [6.07, 6.45) is 8.71. The van der Waals surface area contributed by atoms with Gasteiger partial charge in [-0.2, -0.15) is 0 Å². The van der Waals surface area contributed by atoms with Crippen molar-refractivity contribution in [3.05, 3.63) is 30.6 Å². The van der Waals surface area contributed by atoms with E-state index in [1.54, 1.807) is 0 Å². The second-order valence-electron chi connectivity index (χ2n) is 5.17. The molecule has 2 aromatic rings. The number of nitrogens with zero attached hydrogens (tertiary/aromatic N) is 3. The van der Waals surface area contributed by atoms with Crippen molar-refractivity contribution in [2.24, 2.45) is 5.73 Å². The lowest BCUT2D eigenvalue weighted by atomic mass is 9.90. The molecule has 2 unspecified atom stereocenters. The first-order chi connectivity index (χ1) is 8.77. The van der Waals surface area contributed by atoms with E-state index >= 15 is 0 Å². The van der Waals surface area contributed by atoms with Gasteiger partial charge in [-0.25, -0.2) is 4.98 Å². The molecular weight excluding hydrogens is 224 g/mol. The van der Waals surface area contributed by atoms with E-state index in [0.29, 0.717) is 6.04 Å². The average molecular weight is 244 g/mol. The lowest BCUT2D eigenvalue weighted by Gasteiger charge is -2.37. The van der Waals surface area contributed by atoms with Crippen molar-refractivity contribution in [3.8, 4) is 0 Å². The minimum atomic E-state index is 0.280. The Balaban J connectivity index is 1.95. The molecule has 0 saturated heterocycles. The van der Waals surface area contributed by atoms with Gasteiger partial charge >= 0.3 is 0 Å². The summed E-state index contributed by atoms with van der Waals surface area (Å²) in [6.45, 7) is 0. The fraction of sp³-hybridized carbons (Fsp3) is 0.500. The fourth-order valence-electron chi connectivity index (χ4n) is 3.01. The molecule has 0 amide bonds. The van der Waals surface area contributed by atoms with Crippen molar-refractivity contribution >= 4 is 11.5 Å². The van der Waals surface area contributed by atoms with Crippen molar-refractivity contribution in [1.82, 2.24) is 9.38 Å². The molecule has 1 aliphatic rings. The van der Waals surface area contributed by atoms with Gasteiger partial charge in [-0.05, 0) is 25.0 Å². The summed E-state index contributed by atoms with van der Waals surface area (Å²) in [4.78, 5) is 6.65. The molecular formula is C14H20N4. The van der Waals surface area contributed by atoms with Crippen molar-refractivity contribution in [2.45, 2.75) is 37.8 Å².